The molecule has 1 aliphatic rings. The van der Waals surface area contributed by atoms with Crippen LogP contribution in [0.25, 0.3) is 22.6 Å². The first-order chi connectivity index (χ1) is 17.1. The number of aromatic amines is 1. The van der Waals surface area contributed by atoms with Gasteiger partial charge in [0.05, 0.1) is 11.9 Å². The number of rotatable bonds is 6. The number of carbonyl (C=O) groups is 1. The van der Waals surface area contributed by atoms with E-state index in [0.29, 0.717) is 5.02 Å². The molecular formula is C29H29ClN4O. The van der Waals surface area contributed by atoms with E-state index < -0.39 is 0 Å². The first-order valence-electron chi connectivity index (χ1n) is 12.2. The predicted octanol–water partition coefficient (Wildman–Crippen LogP) is 8.05. The van der Waals surface area contributed by atoms with Crippen LogP contribution in [0.1, 0.15) is 38.5 Å². The van der Waals surface area contributed by atoms with Gasteiger partial charge in [-0.05, 0) is 79.1 Å². The van der Waals surface area contributed by atoms with Crippen LogP contribution in [0, 0.1) is 5.92 Å². The Morgan fingerprint density at radius 1 is 0.771 bits per heavy atom. The van der Waals surface area contributed by atoms with Crippen molar-refractivity contribution in [3.8, 4) is 22.6 Å². The molecule has 1 heterocycles. The highest BCUT2D eigenvalue weighted by molar-refractivity contribution is 6.30. The molecule has 0 bridgehead atoms. The summed E-state index contributed by atoms with van der Waals surface area (Å²) in [5.41, 5.74) is 5.78. The Hall–Kier alpha value is -3.57. The molecule has 1 aromatic heterocycles. The van der Waals surface area contributed by atoms with Crippen LogP contribution in [0.2, 0.25) is 5.02 Å². The van der Waals surface area contributed by atoms with Gasteiger partial charge in [0.1, 0.15) is 5.82 Å². The van der Waals surface area contributed by atoms with E-state index in [9.17, 15) is 4.79 Å². The molecule has 3 aromatic carbocycles. The van der Waals surface area contributed by atoms with Crippen LogP contribution in [0.5, 0.6) is 0 Å². The molecule has 0 spiro atoms. The van der Waals surface area contributed by atoms with E-state index >= 15 is 0 Å². The lowest BCUT2D eigenvalue weighted by molar-refractivity contribution is -0.120. The van der Waals surface area contributed by atoms with Crippen molar-refractivity contribution in [2.45, 2.75) is 38.5 Å². The maximum atomic E-state index is 12.6. The number of nitrogens with one attached hydrogen (secondary N) is 3. The summed E-state index contributed by atoms with van der Waals surface area (Å²) >= 11 is 5.96. The summed E-state index contributed by atoms with van der Waals surface area (Å²) in [6.07, 6.45) is 8.64. The van der Waals surface area contributed by atoms with E-state index in [-0.39, 0.29) is 11.8 Å². The maximum Gasteiger partial charge on any atom is 0.227 e. The highest BCUT2D eigenvalue weighted by Gasteiger charge is 2.20. The first kappa shape index (κ1) is 23.2. The number of nitrogens with zero attached hydrogens (tertiary/aromatic N) is 1. The molecular weight excluding hydrogens is 456 g/mol. The second-order valence-corrected chi connectivity index (χ2v) is 9.55. The van der Waals surface area contributed by atoms with E-state index in [2.05, 4.69) is 20.6 Å². The maximum absolute atomic E-state index is 12.6. The molecule has 1 saturated carbocycles. The zero-order valence-corrected chi connectivity index (χ0v) is 20.3. The highest BCUT2D eigenvalue weighted by atomic mass is 35.5. The molecule has 5 nitrogen and oxygen atoms in total. The number of hydrogen-bond donors (Lipinski definition) is 3. The van der Waals surface area contributed by atoms with Crippen LogP contribution in [0.15, 0.2) is 79.0 Å². The van der Waals surface area contributed by atoms with Crippen molar-refractivity contribution in [3.05, 3.63) is 84.0 Å². The van der Waals surface area contributed by atoms with Gasteiger partial charge in [-0.25, -0.2) is 4.98 Å². The van der Waals surface area contributed by atoms with Gasteiger partial charge in [-0.1, -0.05) is 49.4 Å². The van der Waals surface area contributed by atoms with Crippen LogP contribution in [-0.2, 0) is 4.79 Å². The second-order valence-electron chi connectivity index (χ2n) is 9.11. The van der Waals surface area contributed by atoms with Gasteiger partial charge in [-0.15, -0.1) is 0 Å². The first-order valence-corrected chi connectivity index (χ1v) is 12.6. The zero-order chi connectivity index (χ0) is 24.0. The summed E-state index contributed by atoms with van der Waals surface area (Å²) in [5, 5.41) is 7.18. The fraction of sp³-hybridized carbons (Fsp3) is 0.241. The van der Waals surface area contributed by atoms with Gasteiger partial charge >= 0.3 is 0 Å². The molecule has 4 aromatic rings. The van der Waals surface area contributed by atoms with Crippen molar-refractivity contribution in [1.29, 1.82) is 0 Å². The molecule has 0 atom stereocenters. The Bertz CT molecular complexity index is 1260. The van der Waals surface area contributed by atoms with E-state index in [1.807, 2.05) is 79.0 Å². The molecule has 6 heteroatoms. The Morgan fingerprint density at radius 3 is 2.00 bits per heavy atom. The number of aromatic nitrogens is 2. The average Bonchev–Trinajstić information content (AvgIpc) is 3.21. The van der Waals surface area contributed by atoms with Crippen LogP contribution in [-0.4, -0.2) is 15.9 Å². The Labute approximate surface area is 211 Å². The van der Waals surface area contributed by atoms with Crippen LogP contribution >= 0.6 is 11.6 Å². The average molecular weight is 485 g/mol. The normalized spacial score (nSPS) is 14.3. The smallest absolute Gasteiger partial charge is 0.227 e. The zero-order valence-electron chi connectivity index (χ0n) is 19.6. The third-order valence-corrected chi connectivity index (χ3v) is 6.81. The van der Waals surface area contributed by atoms with Crippen LogP contribution in [0.3, 0.4) is 0 Å². The number of anilines is 3. The van der Waals surface area contributed by atoms with Gasteiger partial charge < -0.3 is 15.6 Å². The quantitative estimate of drug-likeness (QED) is 0.242. The largest absolute Gasteiger partial charge is 0.356 e. The number of imidazole rings is 1. The molecule has 0 radical (unpaired) electrons. The number of H-pyrrole nitrogens is 1. The van der Waals surface area contributed by atoms with Crippen molar-refractivity contribution in [1.82, 2.24) is 9.97 Å². The molecule has 1 fully saturated rings. The third kappa shape index (κ3) is 5.92. The van der Waals surface area contributed by atoms with Crippen molar-refractivity contribution < 1.29 is 4.79 Å². The van der Waals surface area contributed by atoms with Gasteiger partial charge in [-0.2, -0.15) is 0 Å². The fourth-order valence-corrected chi connectivity index (χ4v) is 4.67. The molecule has 5 rings (SSSR count). The van der Waals surface area contributed by atoms with Crippen molar-refractivity contribution >= 4 is 34.6 Å². The third-order valence-electron chi connectivity index (χ3n) is 6.56. The summed E-state index contributed by atoms with van der Waals surface area (Å²) in [5.74, 6) is 1.10. The molecule has 1 aliphatic carbocycles. The lowest BCUT2D eigenvalue weighted by Crippen LogP contribution is -2.22. The predicted molar refractivity (Wildman–Crippen MR) is 144 cm³/mol. The van der Waals surface area contributed by atoms with Crippen LogP contribution < -0.4 is 10.6 Å². The van der Waals surface area contributed by atoms with Crippen molar-refractivity contribution in [3.63, 3.8) is 0 Å². The fourth-order valence-electron chi connectivity index (χ4n) is 4.54. The molecule has 35 heavy (non-hydrogen) atoms. The van der Waals surface area contributed by atoms with Crippen molar-refractivity contribution in [2.75, 3.05) is 10.6 Å². The van der Waals surface area contributed by atoms with Gasteiger partial charge in [0.25, 0.3) is 0 Å². The lowest BCUT2D eigenvalue weighted by atomic mass is 9.99. The van der Waals surface area contributed by atoms with E-state index in [1.165, 1.54) is 12.8 Å². The number of carbonyl (C=O) groups excluding carboxylic acids is 1. The number of benzene rings is 3. The Morgan fingerprint density at radius 2 is 1.34 bits per heavy atom. The monoisotopic (exact) mass is 484 g/mol. The molecule has 1 amide bonds. The summed E-state index contributed by atoms with van der Waals surface area (Å²) in [7, 11) is 0. The summed E-state index contributed by atoms with van der Waals surface area (Å²) < 4.78 is 0. The molecule has 0 aliphatic heterocycles. The summed E-state index contributed by atoms with van der Waals surface area (Å²) in [4.78, 5) is 20.6. The highest BCUT2D eigenvalue weighted by Crippen LogP contribution is 2.27. The minimum Gasteiger partial charge on any atom is -0.356 e. The summed E-state index contributed by atoms with van der Waals surface area (Å²) in [6, 6.07) is 23.7. The Balaban J connectivity index is 1.22. The molecule has 3 N–H and O–H groups in total. The van der Waals surface area contributed by atoms with Crippen LogP contribution in [0.4, 0.5) is 17.1 Å². The Kier molecular flexibility index (Phi) is 7.15. The van der Waals surface area contributed by atoms with E-state index in [1.54, 1.807) is 0 Å². The second kappa shape index (κ2) is 10.8. The summed E-state index contributed by atoms with van der Waals surface area (Å²) in [6.45, 7) is 0. The van der Waals surface area contributed by atoms with E-state index in [0.717, 1.165) is 65.4 Å². The number of hydrogen-bond acceptors (Lipinski definition) is 3. The molecule has 0 unspecified atom stereocenters. The molecule has 178 valence electrons. The SMILES string of the molecule is O=C(Nc1ccc(-c2cnc(-c3ccc(Nc4ccc(Cl)cc4)cc3)[nH]2)cc1)C1CCCCCC1. The standard InChI is InChI=1S/C29H29ClN4O/c30-23-11-17-25(18-12-23)32-24-15-9-21(10-16-24)28-31-19-27(34-28)20-7-13-26(14-8-20)33-29(35)22-5-3-1-2-4-6-22/h7-19,22,32H,1-6H2,(H,31,34)(H,33,35). The number of amides is 1. The van der Waals surface area contributed by atoms with Gasteiger partial charge in [0, 0.05) is 33.6 Å². The van der Waals surface area contributed by atoms with Gasteiger partial charge in [0.15, 0.2) is 0 Å². The molecule has 0 saturated heterocycles. The van der Waals surface area contributed by atoms with Gasteiger partial charge in [0.2, 0.25) is 5.91 Å². The van der Waals surface area contributed by atoms with Crippen molar-refractivity contribution in [2.24, 2.45) is 5.92 Å². The number of halogens is 1. The van der Waals surface area contributed by atoms with E-state index in [4.69, 9.17) is 11.6 Å². The lowest BCUT2D eigenvalue weighted by Gasteiger charge is -2.14. The minimum atomic E-state index is 0.139. The topological polar surface area (TPSA) is 69.8 Å². The van der Waals surface area contributed by atoms with Gasteiger partial charge in [-0.3, -0.25) is 4.79 Å². The minimum absolute atomic E-state index is 0.139.